The molecular weight excluding hydrogens is 373 g/mol. The highest BCUT2D eigenvalue weighted by atomic mass is 35.5. The predicted molar refractivity (Wildman–Crippen MR) is 93.1 cm³/mol. The summed E-state index contributed by atoms with van der Waals surface area (Å²) in [7, 11) is 2.90. The maximum atomic E-state index is 13.1. The minimum atomic E-state index is -4.60. The quantitative estimate of drug-likeness (QED) is 0.768. The van der Waals surface area contributed by atoms with E-state index < -0.39 is 17.6 Å². The molecule has 0 aliphatic carbocycles. The number of benzene rings is 2. The molecule has 0 unspecified atom stereocenters. The Bertz CT molecular complexity index is 797. The standard InChI is InChI=1S/C17H16ClF3N2O3/c1-25-11-4-6-15(26-2)14(8-11)23-16(24)9-22-13-5-3-10(18)7-12(13)17(19,20)21/h3-8,22H,9H2,1-2H3,(H,23,24). The average molecular weight is 389 g/mol. The van der Waals surface area contributed by atoms with Crippen LogP contribution in [0.4, 0.5) is 24.5 Å². The lowest BCUT2D eigenvalue weighted by Gasteiger charge is -2.15. The molecule has 5 nitrogen and oxygen atoms in total. The molecule has 0 aliphatic heterocycles. The van der Waals surface area contributed by atoms with E-state index in [0.717, 1.165) is 6.07 Å². The van der Waals surface area contributed by atoms with Gasteiger partial charge in [-0.1, -0.05) is 11.6 Å². The van der Waals surface area contributed by atoms with Gasteiger partial charge in [0.2, 0.25) is 5.91 Å². The summed E-state index contributed by atoms with van der Waals surface area (Å²) < 4.78 is 49.4. The Hall–Kier alpha value is -2.61. The topological polar surface area (TPSA) is 59.6 Å². The highest BCUT2D eigenvalue weighted by Crippen LogP contribution is 2.36. The van der Waals surface area contributed by atoms with Gasteiger partial charge in [0, 0.05) is 16.8 Å². The van der Waals surface area contributed by atoms with Crippen LogP contribution >= 0.6 is 11.6 Å². The summed E-state index contributed by atoms with van der Waals surface area (Å²) in [5.41, 5.74) is -0.850. The van der Waals surface area contributed by atoms with Crippen LogP contribution < -0.4 is 20.1 Å². The fraction of sp³-hybridized carbons (Fsp3) is 0.235. The number of alkyl halides is 3. The highest BCUT2D eigenvalue weighted by Gasteiger charge is 2.33. The van der Waals surface area contributed by atoms with Gasteiger partial charge in [-0.15, -0.1) is 0 Å². The largest absolute Gasteiger partial charge is 0.497 e. The zero-order valence-electron chi connectivity index (χ0n) is 13.9. The molecule has 0 spiro atoms. The molecule has 0 bridgehead atoms. The first-order valence-electron chi connectivity index (χ1n) is 7.37. The Morgan fingerprint density at radius 3 is 2.42 bits per heavy atom. The molecule has 0 atom stereocenters. The first-order valence-corrected chi connectivity index (χ1v) is 7.75. The van der Waals surface area contributed by atoms with Crippen molar-refractivity contribution < 1.29 is 27.4 Å². The number of halogens is 4. The number of hydrogen-bond acceptors (Lipinski definition) is 4. The third kappa shape index (κ3) is 4.95. The van der Waals surface area contributed by atoms with E-state index in [4.69, 9.17) is 21.1 Å². The van der Waals surface area contributed by atoms with Gasteiger partial charge in [-0.25, -0.2) is 0 Å². The maximum absolute atomic E-state index is 13.1. The molecule has 2 rings (SSSR count). The van der Waals surface area contributed by atoms with Crippen LogP contribution in [0.5, 0.6) is 11.5 Å². The van der Waals surface area contributed by atoms with E-state index in [0.29, 0.717) is 17.2 Å². The zero-order valence-corrected chi connectivity index (χ0v) is 14.7. The fourth-order valence-electron chi connectivity index (χ4n) is 2.19. The van der Waals surface area contributed by atoms with Gasteiger partial charge in [-0.05, 0) is 30.3 Å². The molecule has 2 aromatic rings. The van der Waals surface area contributed by atoms with E-state index in [1.54, 1.807) is 18.2 Å². The number of rotatable bonds is 6. The molecule has 0 aromatic heterocycles. The van der Waals surface area contributed by atoms with Crippen molar-refractivity contribution in [2.45, 2.75) is 6.18 Å². The fourth-order valence-corrected chi connectivity index (χ4v) is 2.36. The van der Waals surface area contributed by atoms with Crippen LogP contribution in [0.2, 0.25) is 5.02 Å². The number of ether oxygens (including phenoxy) is 2. The Balaban J connectivity index is 2.11. The van der Waals surface area contributed by atoms with Crippen molar-refractivity contribution in [1.29, 1.82) is 0 Å². The van der Waals surface area contributed by atoms with Gasteiger partial charge in [0.1, 0.15) is 11.5 Å². The van der Waals surface area contributed by atoms with Gasteiger partial charge in [0.25, 0.3) is 0 Å². The van der Waals surface area contributed by atoms with Crippen molar-refractivity contribution in [3.05, 3.63) is 47.0 Å². The number of hydrogen-bond donors (Lipinski definition) is 2. The van der Waals surface area contributed by atoms with Crippen LogP contribution in [0.1, 0.15) is 5.56 Å². The van der Waals surface area contributed by atoms with Crippen molar-refractivity contribution in [3.8, 4) is 11.5 Å². The van der Waals surface area contributed by atoms with Crippen LogP contribution in [0, 0.1) is 0 Å². The SMILES string of the molecule is COc1ccc(OC)c(NC(=O)CNc2ccc(Cl)cc2C(F)(F)F)c1. The number of nitrogens with one attached hydrogen (secondary N) is 2. The molecule has 0 saturated heterocycles. The molecule has 1 amide bonds. The normalized spacial score (nSPS) is 11.0. The number of carbonyl (C=O) groups is 1. The summed E-state index contributed by atoms with van der Waals surface area (Å²) in [5.74, 6) is 0.326. The second kappa shape index (κ2) is 8.18. The smallest absolute Gasteiger partial charge is 0.418 e. The molecule has 0 heterocycles. The van der Waals surface area contributed by atoms with Crippen molar-refractivity contribution in [2.24, 2.45) is 0 Å². The van der Waals surface area contributed by atoms with E-state index in [2.05, 4.69) is 10.6 Å². The molecular formula is C17H16ClF3N2O3. The van der Waals surface area contributed by atoms with Gasteiger partial charge in [-0.2, -0.15) is 13.2 Å². The molecule has 0 radical (unpaired) electrons. The summed E-state index contributed by atoms with van der Waals surface area (Å²) in [5, 5.41) is 4.98. The molecule has 26 heavy (non-hydrogen) atoms. The Labute approximate surface area is 153 Å². The minimum Gasteiger partial charge on any atom is -0.497 e. The molecule has 140 valence electrons. The van der Waals surface area contributed by atoms with Crippen molar-refractivity contribution in [1.82, 2.24) is 0 Å². The van der Waals surface area contributed by atoms with Crippen molar-refractivity contribution in [2.75, 3.05) is 31.4 Å². The van der Waals surface area contributed by atoms with Gasteiger partial charge in [0.05, 0.1) is 32.0 Å². The van der Waals surface area contributed by atoms with Crippen LogP contribution in [0.15, 0.2) is 36.4 Å². The molecule has 0 aliphatic rings. The molecule has 2 aromatic carbocycles. The minimum absolute atomic E-state index is 0.0477. The summed E-state index contributed by atoms with van der Waals surface area (Å²) in [6.45, 7) is -0.384. The van der Waals surface area contributed by atoms with E-state index >= 15 is 0 Å². The van der Waals surface area contributed by atoms with Gasteiger partial charge >= 0.3 is 6.18 Å². The maximum Gasteiger partial charge on any atom is 0.418 e. The van der Waals surface area contributed by atoms with Crippen LogP contribution in [0.3, 0.4) is 0 Å². The third-order valence-corrected chi connectivity index (χ3v) is 3.64. The van der Waals surface area contributed by atoms with Crippen LogP contribution in [-0.4, -0.2) is 26.7 Å². The Morgan fingerprint density at radius 1 is 1.08 bits per heavy atom. The second-order valence-electron chi connectivity index (χ2n) is 5.16. The van der Waals surface area contributed by atoms with E-state index in [-0.39, 0.29) is 17.3 Å². The van der Waals surface area contributed by atoms with Crippen molar-refractivity contribution in [3.63, 3.8) is 0 Å². The van der Waals surface area contributed by atoms with E-state index in [1.165, 1.54) is 26.4 Å². The molecule has 9 heteroatoms. The summed E-state index contributed by atoms with van der Waals surface area (Å²) in [4.78, 5) is 12.1. The summed E-state index contributed by atoms with van der Waals surface area (Å²) in [6.07, 6.45) is -4.60. The lowest BCUT2D eigenvalue weighted by molar-refractivity contribution is -0.137. The van der Waals surface area contributed by atoms with Gasteiger partial charge in [0.15, 0.2) is 0 Å². The first-order chi connectivity index (χ1) is 12.2. The Kier molecular flexibility index (Phi) is 6.20. The lowest BCUT2D eigenvalue weighted by atomic mass is 10.1. The molecule has 2 N–H and O–H groups in total. The lowest BCUT2D eigenvalue weighted by Crippen LogP contribution is -2.23. The number of anilines is 2. The monoisotopic (exact) mass is 388 g/mol. The number of methoxy groups -OCH3 is 2. The summed E-state index contributed by atoms with van der Waals surface area (Å²) in [6, 6.07) is 8.07. The highest BCUT2D eigenvalue weighted by molar-refractivity contribution is 6.30. The van der Waals surface area contributed by atoms with Gasteiger partial charge < -0.3 is 20.1 Å². The second-order valence-corrected chi connectivity index (χ2v) is 5.59. The van der Waals surface area contributed by atoms with Crippen LogP contribution in [0.25, 0.3) is 0 Å². The van der Waals surface area contributed by atoms with E-state index in [1.807, 2.05) is 0 Å². The number of amides is 1. The molecule has 0 fully saturated rings. The average Bonchev–Trinajstić information content (AvgIpc) is 2.59. The van der Waals surface area contributed by atoms with E-state index in [9.17, 15) is 18.0 Å². The first kappa shape index (κ1) is 19.7. The van der Waals surface area contributed by atoms with Gasteiger partial charge in [-0.3, -0.25) is 4.79 Å². The molecule has 0 saturated carbocycles. The Morgan fingerprint density at radius 2 is 1.81 bits per heavy atom. The number of carbonyl (C=O) groups excluding carboxylic acids is 1. The zero-order chi connectivity index (χ0) is 19.3. The third-order valence-electron chi connectivity index (χ3n) is 3.41. The van der Waals surface area contributed by atoms with Crippen LogP contribution in [-0.2, 0) is 11.0 Å². The van der Waals surface area contributed by atoms with Crippen molar-refractivity contribution >= 4 is 28.9 Å². The summed E-state index contributed by atoms with van der Waals surface area (Å²) >= 11 is 5.62. The predicted octanol–water partition coefficient (Wildman–Crippen LogP) is 4.43.